The molecular weight excluding hydrogens is 472 g/mol. The summed E-state index contributed by atoms with van der Waals surface area (Å²) < 4.78 is 6.39. The maximum Gasteiger partial charge on any atom is 0.257 e. The van der Waals surface area contributed by atoms with Crippen molar-refractivity contribution >= 4 is 11.8 Å². The minimum atomic E-state index is -0.198. The molecule has 0 saturated carbocycles. The summed E-state index contributed by atoms with van der Waals surface area (Å²) >= 11 is 0. The number of carbonyl (C=O) groups excluding carboxylic acids is 2. The van der Waals surface area contributed by atoms with Gasteiger partial charge in [0.15, 0.2) is 0 Å². The highest BCUT2D eigenvalue weighted by atomic mass is 16.5. The number of benzene rings is 3. The van der Waals surface area contributed by atoms with Crippen molar-refractivity contribution < 1.29 is 14.3 Å². The third-order valence-corrected chi connectivity index (χ3v) is 7.48. The molecule has 38 heavy (non-hydrogen) atoms. The van der Waals surface area contributed by atoms with E-state index in [9.17, 15) is 9.59 Å². The van der Waals surface area contributed by atoms with Crippen LogP contribution in [0, 0.1) is 0 Å². The topological polar surface area (TPSA) is 49.9 Å². The fourth-order valence-electron chi connectivity index (χ4n) is 5.30. The summed E-state index contributed by atoms with van der Waals surface area (Å²) in [7, 11) is 1.86. The number of amides is 2. The average Bonchev–Trinajstić information content (AvgIpc) is 2.95. The molecule has 1 aliphatic heterocycles. The molecule has 0 spiro atoms. The number of carbonyl (C=O) groups is 2. The number of para-hydroxylation sites is 1. The molecule has 200 valence electrons. The van der Waals surface area contributed by atoms with E-state index in [0.29, 0.717) is 37.4 Å². The number of rotatable bonds is 5. The molecule has 0 saturated heterocycles. The molecule has 0 fully saturated rings. The second kappa shape index (κ2) is 13.8. The van der Waals surface area contributed by atoms with Crippen molar-refractivity contribution in [1.29, 1.82) is 0 Å². The van der Waals surface area contributed by atoms with E-state index in [1.54, 1.807) is 4.90 Å². The van der Waals surface area contributed by atoms with Gasteiger partial charge < -0.3 is 14.5 Å². The van der Waals surface area contributed by atoms with Crippen molar-refractivity contribution in [3.8, 4) is 5.75 Å². The smallest absolute Gasteiger partial charge is 0.257 e. The number of hydrogen-bond acceptors (Lipinski definition) is 3. The van der Waals surface area contributed by atoms with E-state index < -0.39 is 0 Å². The minimum Gasteiger partial charge on any atom is -0.491 e. The highest BCUT2D eigenvalue weighted by Gasteiger charge is 2.31. The highest BCUT2D eigenvalue weighted by molar-refractivity contribution is 5.96. The van der Waals surface area contributed by atoms with E-state index in [-0.39, 0.29) is 23.8 Å². The lowest BCUT2D eigenvalue weighted by molar-refractivity contribution is -0.136. The zero-order chi connectivity index (χ0) is 26.7. The van der Waals surface area contributed by atoms with Gasteiger partial charge in [-0.15, -0.1) is 0 Å². The summed E-state index contributed by atoms with van der Waals surface area (Å²) in [5.74, 6) is 0.498. The van der Waals surface area contributed by atoms with Crippen molar-refractivity contribution in [1.82, 2.24) is 9.80 Å². The largest absolute Gasteiger partial charge is 0.491 e. The Morgan fingerprint density at radius 3 is 2.21 bits per heavy atom. The molecule has 0 radical (unpaired) electrons. The van der Waals surface area contributed by atoms with Crippen LogP contribution in [0.1, 0.15) is 66.4 Å². The monoisotopic (exact) mass is 512 g/mol. The van der Waals surface area contributed by atoms with Gasteiger partial charge in [0.05, 0.1) is 17.5 Å². The molecule has 2 amide bonds. The maximum atomic E-state index is 14.2. The molecule has 0 aromatic heterocycles. The standard InChI is InChI=1S/C33H40N2O3/c1-3-29(27-18-10-7-11-19-27)33(37)35-23-15-5-4-14-22-34(2)32(36)30-20-12-13-21-31(30)38-25-28(35)24-26-16-8-6-9-17-26/h6-13,16-21,28-29H,3-5,14-15,22-25H2,1-2H3/t28-,29?/m1/s1. The van der Waals surface area contributed by atoms with E-state index in [1.165, 1.54) is 0 Å². The Balaban J connectivity index is 1.69. The molecule has 1 heterocycles. The third kappa shape index (κ3) is 7.03. The summed E-state index contributed by atoms with van der Waals surface area (Å²) in [5, 5.41) is 0. The average molecular weight is 513 g/mol. The first-order chi connectivity index (χ1) is 18.6. The minimum absolute atomic E-state index is 0.0275. The highest BCUT2D eigenvalue weighted by Crippen LogP contribution is 2.26. The predicted octanol–water partition coefficient (Wildman–Crippen LogP) is 6.35. The SMILES string of the molecule is CCC(C(=O)N1CCCCCCN(C)C(=O)c2ccccc2OC[C@H]1Cc1ccccc1)c1ccccc1. The lowest BCUT2D eigenvalue weighted by atomic mass is 9.93. The van der Waals surface area contributed by atoms with Gasteiger partial charge in [-0.25, -0.2) is 0 Å². The second-order valence-electron chi connectivity index (χ2n) is 10.2. The van der Waals surface area contributed by atoms with Crippen molar-refractivity contribution in [3.63, 3.8) is 0 Å². The van der Waals surface area contributed by atoms with Gasteiger partial charge in [0.1, 0.15) is 12.4 Å². The molecule has 0 aliphatic carbocycles. The molecule has 1 unspecified atom stereocenters. The lowest BCUT2D eigenvalue weighted by Crippen LogP contribution is -2.47. The maximum absolute atomic E-state index is 14.2. The lowest BCUT2D eigenvalue weighted by Gasteiger charge is -2.35. The van der Waals surface area contributed by atoms with Crippen LogP contribution in [0.25, 0.3) is 0 Å². The van der Waals surface area contributed by atoms with Gasteiger partial charge in [-0.2, -0.15) is 0 Å². The third-order valence-electron chi connectivity index (χ3n) is 7.48. The normalized spacial score (nSPS) is 18.2. The fourth-order valence-corrected chi connectivity index (χ4v) is 5.30. The van der Waals surface area contributed by atoms with Crippen molar-refractivity contribution in [2.45, 2.75) is 57.4 Å². The molecule has 0 N–H and O–H groups in total. The molecule has 1 aliphatic rings. The van der Waals surface area contributed by atoms with Gasteiger partial charge in [-0.05, 0) is 48.9 Å². The van der Waals surface area contributed by atoms with E-state index >= 15 is 0 Å². The van der Waals surface area contributed by atoms with Crippen LogP contribution < -0.4 is 4.74 Å². The Morgan fingerprint density at radius 2 is 1.50 bits per heavy atom. The summed E-state index contributed by atoms with van der Waals surface area (Å²) in [5.41, 5.74) is 2.79. The molecule has 0 bridgehead atoms. The van der Waals surface area contributed by atoms with Crippen molar-refractivity contribution in [2.75, 3.05) is 26.7 Å². The van der Waals surface area contributed by atoms with Crippen LogP contribution >= 0.6 is 0 Å². The van der Waals surface area contributed by atoms with E-state index in [1.807, 2.05) is 67.7 Å². The van der Waals surface area contributed by atoms with Crippen LogP contribution in [0.4, 0.5) is 0 Å². The van der Waals surface area contributed by atoms with Crippen LogP contribution in [-0.4, -0.2) is 54.4 Å². The summed E-state index contributed by atoms with van der Waals surface area (Å²) in [4.78, 5) is 31.3. The second-order valence-corrected chi connectivity index (χ2v) is 10.2. The number of nitrogens with zero attached hydrogens (tertiary/aromatic N) is 2. The van der Waals surface area contributed by atoms with Crippen molar-refractivity contribution in [2.24, 2.45) is 0 Å². The molecule has 5 heteroatoms. The molecule has 5 nitrogen and oxygen atoms in total. The Morgan fingerprint density at radius 1 is 0.868 bits per heavy atom. The van der Waals surface area contributed by atoms with Crippen LogP contribution in [0.3, 0.4) is 0 Å². The Hall–Kier alpha value is -3.60. The summed E-state index contributed by atoms with van der Waals surface area (Å²) in [6.07, 6.45) is 5.33. The van der Waals surface area contributed by atoms with Gasteiger partial charge in [-0.1, -0.05) is 92.6 Å². The van der Waals surface area contributed by atoms with E-state index in [2.05, 4.69) is 36.1 Å². The number of ether oxygens (including phenoxy) is 1. The molecule has 4 rings (SSSR count). The van der Waals surface area contributed by atoms with Gasteiger partial charge in [0, 0.05) is 20.1 Å². The Kier molecular flexibility index (Phi) is 9.97. The summed E-state index contributed by atoms with van der Waals surface area (Å²) in [6, 6.07) is 27.7. The van der Waals surface area contributed by atoms with Gasteiger partial charge >= 0.3 is 0 Å². The predicted molar refractivity (Wildman–Crippen MR) is 152 cm³/mol. The zero-order valence-corrected chi connectivity index (χ0v) is 22.7. The van der Waals surface area contributed by atoms with Crippen molar-refractivity contribution in [3.05, 3.63) is 102 Å². The van der Waals surface area contributed by atoms with Gasteiger partial charge in [-0.3, -0.25) is 9.59 Å². The number of hydrogen-bond donors (Lipinski definition) is 0. The molecular formula is C33H40N2O3. The van der Waals surface area contributed by atoms with Crippen LogP contribution in [0.15, 0.2) is 84.9 Å². The molecule has 3 aromatic carbocycles. The first-order valence-corrected chi connectivity index (χ1v) is 13.9. The van der Waals surface area contributed by atoms with Gasteiger partial charge in [0.2, 0.25) is 5.91 Å². The summed E-state index contributed by atoms with van der Waals surface area (Å²) in [6.45, 7) is 3.80. The number of fused-ring (bicyclic) bond motifs is 1. The molecule has 3 aromatic rings. The van der Waals surface area contributed by atoms with Crippen LogP contribution in [-0.2, 0) is 11.2 Å². The quantitative estimate of drug-likeness (QED) is 0.401. The zero-order valence-electron chi connectivity index (χ0n) is 22.7. The van der Waals surface area contributed by atoms with Crippen LogP contribution in [0.2, 0.25) is 0 Å². The van der Waals surface area contributed by atoms with Crippen LogP contribution in [0.5, 0.6) is 5.75 Å². The van der Waals surface area contributed by atoms with Gasteiger partial charge in [0.25, 0.3) is 5.91 Å². The van der Waals surface area contributed by atoms with E-state index in [0.717, 1.165) is 43.2 Å². The molecule has 2 atom stereocenters. The first kappa shape index (κ1) is 27.4. The fraction of sp³-hybridized carbons (Fsp3) is 0.394. The van der Waals surface area contributed by atoms with E-state index in [4.69, 9.17) is 4.74 Å². The Labute approximate surface area is 227 Å². The Bertz CT molecular complexity index is 1170. The first-order valence-electron chi connectivity index (χ1n) is 13.9.